The van der Waals surface area contributed by atoms with Gasteiger partial charge in [-0.2, -0.15) is 0 Å². The third-order valence-corrected chi connectivity index (χ3v) is 4.49. The lowest BCUT2D eigenvalue weighted by atomic mass is 10.0. The van der Waals surface area contributed by atoms with E-state index in [1.54, 1.807) is 30.3 Å². The monoisotopic (exact) mass is 293 g/mol. The Kier molecular flexibility index (Phi) is 6.21. The number of hydrogen-bond acceptors (Lipinski definition) is 2. The molecule has 1 atom stereocenters. The maximum Gasteiger partial charge on any atom is 0.240 e. The molecule has 3 nitrogen and oxygen atoms in total. The third-order valence-electron chi connectivity index (χ3n) is 2.96. The van der Waals surface area contributed by atoms with Gasteiger partial charge < -0.3 is 0 Å². The number of sulfonamides is 1. The van der Waals surface area contributed by atoms with Crippen LogP contribution in [-0.4, -0.2) is 14.5 Å². The molecule has 4 heteroatoms. The summed E-state index contributed by atoms with van der Waals surface area (Å²) in [5.41, 5.74) is 3.73. The second-order valence-electron chi connectivity index (χ2n) is 5.40. The zero-order valence-electron chi connectivity index (χ0n) is 12.4. The minimum atomic E-state index is -3.47. The molecular formula is C16H23NO2S. The van der Waals surface area contributed by atoms with Crippen molar-refractivity contribution in [2.24, 2.45) is 5.92 Å². The first-order valence-electron chi connectivity index (χ1n) is 6.78. The van der Waals surface area contributed by atoms with Crippen LogP contribution in [0.1, 0.15) is 32.3 Å². The molecule has 0 radical (unpaired) electrons. The highest BCUT2D eigenvalue weighted by Gasteiger charge is 2.19. The van der Waals surface area contributed by atoms with Crippen LogP contribution in [0.15, 0.2) is 47.5 Å². The molecule has 0 bridgehead atoms. The molecule has 0 aliphatic carbocycles. The summed E-state index contributed by atoms with van der Waals surface area (Å²) < 4.78 is 27.4. The second kappa shape index (κ2) is 7.44. The van der Waals surface area contributed by atoms with Gasteiger partial charge in [-0.1, -0.05) is 38.1 Å². The van der Waals surface area contributed by atoms with Crippen LogP contribution >= 0.6 is 0 Å². The lowest BCUT2D eigenvalue weighted by Crippen LogP contribution is -2.35. The van der Waals surface area contributed by atoms with Crippen LogP contribution in [0.4, 0.5) is 0 Å². The molecule has 0 fully saturated rings. The van der Waals surface area contributed by atoms with Gasteiger partial charge in [0.2, 0.25) is 10.0 Å². The van der Waals surface area contributed by atoms with E-state index in [4.69, 9.17) is 0 Å². The highest BCUT2D eigenvalue weighted by molar-refractivity contribution is 7.89. The standard InChI is InChI=1S/C16H23NO2S/c1-5-6-7-15(12-13(2)3)17-20(18,19)16-10-8-14(4)9-11-16/h6,8-11,13,15,17H,1,7,12H2,2-4H3/t15-/m1/s1. The Morgan fingerprint density at radius 1 is 1.30 bits per heavy atom. The highest BCUT2D eigenvalue weighted by atomic mass is 32.2. The lowest BCUT2D eigenvalue weighted by molar-refractivity contribution is 0.462. The average Bonchev–Trinajstić information content (AvgIpc) is 2.35. The van der Waals surface area contributed by atoms with Gasteiger partial charge in [-0.15, -0.1) is 5.73 Å². The van der Waals surface area contributed by atoms with Crippen molar-refractivity contribution >= 4 is 10.0 Å². The first kappa shape index (κ1) is 16.7. The summed E-state index contributed by atoms with van der Waals surface area (Å²) in [5, 5.41) is 0. The molecule has 0 unspecified atom stereocenters. The lowest BCUT2D eigenvalue weighted by Gasteiger charge is -2.19. The van der Waals surface area contributed by atoms with Crippen LogP contribution in [0, 0.1) is 12.8 Å². The predicted octanol–water partition coefficient (Wildman–Crippen LogP) is 3.42. The highest BCUT2D eigenvalue weighted by Crippen LogP contribution is 2.15. The molecule has 1 N–H and O–H groups in total. The van der Waals surface area contributed by atoms with E-state index >= 15 is 0 Å². The van der Waals surface area contributed by atoms with Crippen molar-refractivity contribution < 1.29 is 8.42 Å². The Balaban J connectivity index is 2.89. The molecule has 0 aliphatic rings. The summed E-state index contributed by atoms with van der Waals surface area (Å²) in [7, 11) is -3.47. The minimum absolute atomic E-state index is 0.129. The molecule has 110 valence electrons. The third kappa shape index (κ3) is 5.33. The molecule has 1 rings (SSSR count). The SMILES string of the molecule is C=C=CC[C@H](CC(C)C)NS(=O)(=O)c1ccc(C)cc1. The van der Waals surface area contributed by atoms with Gasteiger partial charge in [-0.05, 0) is 43.9 Å². The molecule has 0 heterocycles. The minimum Gasteiger partial charge on any atom is -0.208 e. The van der Waals surface area contributed by atoms with Crippen LogP contribution < -0.4 is 4.72 Å². The van der Waals surface area contributed by atoms with E-state index in [2.05, 4.69) is 30.9 Å². The van der Waals surface area contributed by atoms with Gasteiger partial charge >= 0.3 is 0 Å². The zero-order valence-corrected chi connectivity index (χ0v) is 13.2. The van der Waals surface area contributed by atoms with Gasteiger partial charge in [-0.25, -0.2) is 13.1 Å². The first-order valence-corrected chi connectivity index (χ1v) is 8.26. The van der Waals surface area contributed by atoms with Gasteiger partial charge in [0.25, 0.3) is 0 Å². The predicted molar refractivity (Wildman–Crippen MR) is 83.1 cm³/mol. The summed E-state index contributed by atoms with van der Waals surface area (Å²) in [6.07, 6.45) is 3.15. The van der Waals surface area contributed by atoms with Crippen molar-refractivity contribution in [1.29, 1.82) is 0 Å². The molecular weight excluding hydrogens is 270 g/mol. The summed E-state index contributed by atoms with van der Waals surface area (Å²) >= 11 is 0. The molecule has 20 heavy (non-hydrogen) atoms. The van der Waals surface area contributed by atoms with E-state index in [9.17, 15) is 8.42 Å². The average molecular weight is 293 g/mol. The molecule has 0 aromatic heterocycles. The number of rotatable bonds is 7. The van der Waals surface area contributed by atoms with E-state index in [-0.39, 0.29) is 6.04 Å². The normalized spacial score (nSPS) is 13.0. The summed E-state index contributed by atoms with van der Waals surface area (Å²) in [5.74, 6) is 0.416. The van der Waals surface area contributed by atoms with Crippen LogP contribution in [0.2, 0.25) is 0 Å². The molecule has 0 aliphatic heterocycles. The Morgan fingerprint density at radius 2 is 1.90 bits per heavy atom. The summed E-state index contributed by atoms with van der Waals surface area (Å²) in [4.78, 5) is 0.305. The summed E-state index contributed by atoms with van der Waals surface area (Å²) in [6, 6.07) is 6.74. The molecule has 1 aromatic rings. The molecule has 0 spiro atoms. The van der Waals surface area contributed by atoms with Crippen molar-refractivity contribution in [1.82, 2.24) is 4.72 Å². The van der Waals surface area contributed by atoms with Gasteiger partial charge in [0.1, 0.15) is 0 Å². The van der Waals surface area contributed by atoms with Crippen molar-refractivity contribution in [3.63, 3.8) is 0 Å². The van der Waals surface area contributed by atoms with Gasteiger partial charge in [0.15, 0.2) is 0 Å². The Hall–Kier alpha value is -1.35. The molecule has 0 amide bonds. The maximum absolute atomic E-state index is 12.3. The molecule has 1 aromatic carbocycles. The Labute approximate surface area is 122 Å². The van der Waals surface area contributed by atoms with E-state index in [0.717, 1.165) is 12.0 Å². The van der Waals surface area contributed by atoms with Crippen LogP contribution in [0.3, 0.4) is 0 Å². The van der Waals surface area contributed by atoms with Crippen LogP contribution in [0.25, 0.3) is 0 Å². The maximum atomic E-state index is 12.3. The Morgan fingerprint density at radius 3 is 2.40 bits per heavy atom. The Bertz CT molecular complexity index is 567. The van der Waals surface area contributed by atoms with Crippen molar-refractivity contribution in [3.8, 4) is 0 Å². The molecule has 0 saturated carbocycles. The van der Waals surface area contributed by atoms with Gasteiger partial charge in [0, 0.05) is 6.04 Å². The van der Waals surface area contributed by atoms with Crippen molar-refractivity contribution in [2.45, 2.75) is 44.6 Å². The number of nitrogens with one attached hydrogen (secondary N) is 1. The largest absolute Gasteiger partial charge is 0.240 e. The topological polar surface area (TPSA) is 46.2 Å². The van der Waals surface area contributed by atoms with Crippen LogP contribution in [0.5, 0.6) is 0 Å². The van der Waals surface area contributed by atoms with E-state index in [0.29, 0.717) is 17.2 Å². The van der Waals surface area contributed by atoms with E-state index < -0.39 is 10.0 Å². The fourth-order valence-electron chi connectivity index (χ4n) is 1.99. The zero-order chi connectivity index (χ0) is 15.2. The smallest absolute Gasteiger partial charge is 0.208 e. The fraction of sp³-hybridized carbons (Fsp3) is 0.438. The van der Waals surface area contributed by atoms with Crippen molar-refractivity contribution in [3.05, 3.63) is 48.2 Å². The number of aryl methyl sites for hydroxylation is 1. The van der Waals surface area contributed by atoms with E-state index in [1.807, 2.05) is 6.92 Å². The summed E-state index contributed by atoms with van der Waals surface area (Å²) in [6.45, 7) is 9.60. The molecule has 0 saturated heterocycles. The number of hydrogen-bond donors (Lipinski definition) is 1. The fourth-order valence-corrected chi connectivity index (χ4v) is 3.25. The second-order valence-corrected chi connectivity index (χ2v) is 7.12. The van der Waals surface area contributed by atoms with Gasteiger partial charge in [-0.3, -0.25) is 0 Å². The van der Waals surface area contributed by atoms with E-state index in [1.165, 1.54) is 0 Å². The first-order chi connectivity index (χ1) is 9.35. The number of benzene rings is 1. The van der Waals surface area contributed by atoms with Gasteiger partial charge in [0.05, 0.1) is 4.90 Å². The van der Waals surface area contributed by atoms with Crippen LogP contribution in [-0.2, 0) is 10.0 Å². The quantitative estimate of drug-likeness (QED) is 0.783. The van der Waals surface area contributed by atoms with Crippen molar-refractivity contribution in [2.75, 3.05) is 0 Å².